The first-order valence-electron chi connectivity index (χ1n) is 14.7. The summed E-state index contributed by atoms with van der Waals surface area (Å²) < 4.78 is 34.6. The number of nitrogen functional groups attached to an aromatic ring is 1. The van der Waals surface area contributed by atoms with E-state index in [1.807, 2.05) is 50.5 Å². The molecule has 230 valence electrons. The van der Waals surface area contributed by atoms with Gasteiger partial charge >= 0.3 is 7.60 Å². The molecule has 0 fully saturated rings. The maximum atomic E-state index is 13.8. The summed E-state index contributed by atoms with van der Waals surface area (Å²) in [5, 5.41) is 2.16. The number of aromatic nitrogens is 4. The minimum atomic E-state index is -3.54. The lowest BCUT2D eigenvalue weighted by atomic mass is 10.1. The second-order valence-electron chi connectivity index (χ2n) is 12.3. The normalized spacial score (nSPS) is 13.9. The first-order chi connectivity index (χ1) is 20.3. The number of nitrogens with two attached hydrogens (primary N) is 1. The molecular formula is C32H44N5O4PSi. The Balaban J connectivity index is 1.79. The van der Waals surface area contributed by atoms with Gasteiger partial charge in [-0.2, -0.15) is 0 Å². The Morgan fingerprint density at radius 1 is 0.907 bits per heavy atom. The Kier molecular flexibility index (Phi) is 10.4. The van der Waals surface area contributed by atoms with Crippen molar-refractivity contribution in [1.82, 2.24) is 19.5 Å². The van der Waals surface area contributed by atoms with Crippen molar-refractivity contribution in [3.05, 3.63) is 85.2 Å². The highest BCUT2D eigenvalue weighted by Crippen LogP contribution is 2.52. The van der Waals surface area contributed by atoms with Crippen molar-refractivity contribution < 1.29 is 18.0 Å². The van der Waals surface area contributed by atoms with Crippen molar-refractivity contribution in [3.63, 3.8) is 0 Å². The van der Waals surface area contributed by atoms with Crippen molar-refractivity contribution >= 4 is 43.3 Å². The Morgan fingerprint density at radius 3 is 1.98 bits per heavy atom. The highest BCUT2D eigenvalue weighted by molar-refractivity contribution is 7.57. The number of hydrogen-bond donors (Lipinski definition) is 1. The Morgan fingerprint density at radius 2 is 1.47 bits per heavy atom. The van der Waals surface area contributed by atoms with Gasteiger partial charge in [-0.1, -0.05) is 87.5 Å². The molecule has 9 nitrogen and oxygen atoms in total. The molecule has 2 N–H and O–H groups in total. The molecule has 0 saturated carbocycles. The third-order valence-electron chi connectivity index (χ3n) is 7.05. The summed E-state index contributed by atoms with van der Waals surface area (Å²) >= 11 is 0. The number of rotatable bonds is 13. The molecule has 1 atom stereocenters. The smallest absolute Gasteiger partial charge is 0.354 e. The highest BCUT2D eigenvalue weighted by Gasteiger charge is 2.50. The van der Waals surface area contributed by atoms with Crippen LogP contribution in [0.5, 0.6) is 0 Å². The molecule has 0 bridgehead atoms. The average molecular weight is 622 g/mol. The second kappa shape index (κ2) is 13.7. The van der Waals surface area contributed by atoms with Gasteiger partial charge in [0.05, 0.1) is 18.5 Å². The van der Waals surface area contributed by atoms with Crippen LogP contribution in [0.1, 0.15) is 48.5 Å². The van der Waals surface area contributed by atoms with Gasteiger partial charge in [-0.3, -0.25) is 4.57 Å². The number of benzene rings is 2. The minimum absolute atomic E-state index is 0.204. The zero-order valence-corrected chi connectivity index (χ0v) is 28.1. The van der Waals surface area contributed by atoms with Crippen LogP contribution in [0.3, 0.4) is 0 Å². The molecule has 0 amide bonds. The first kappa shape index (κ1) is 32.8. The molecule has 1 unspecified atom stereocenters. The fraction of sp³-hybridized carbons (Fsp3) is 0.406. The molecule has 2 heterocycles. The standard InChI is InChI=1S/C32H44N5O4PSi/c1-24(2)40-42(38,41-25(3)4)19-18-26(20-37-23-36-29-30(33)34-22-35-31(29)37)21-39-43(32(5,6)7,27-14-10-8-11-15-27)28-16-12-9-13-17-28/h8-19,22-26H,20-21H2,1-7H3,(H2,33,34,35)/b19-18+. The van der Waals surface area contributed by atoms with Gasteiger partial charge in [0, 0.05) is 24.9 Å². The highest BCUT2D eigenvalue weighted by atomic mass is 31.2. The molecule has 11 heteroatoms. The summed E-state index contributed by atoms with van der Waals surface area (Å²) in [4.78, 5) is 13.0. The monoisotopic (exact) mass is 621 g/mol. The van der Waals surface area contributed by atoms with E-state index in [1.165, 1.54) is 16.7 Å². The largest absolute Gasteiger partial charge is 0.407 e. The van der Waals surface area contributed by atoms with Crippen LogP contribution < -0.4 is 16.1 Å². The van der Waals surface area contributed by atoms with Gasteiger partial charge in [0.1, 0.15) is 11.8 Å². The van der Waals surface area contributed by atoms with E-state index in [0.29, 0.717) is 30.1 Å². The van der Waals surface area contributed by atoms with Gasteiger partial charge in [-0.15, -0.1) is 0 Å². The third kappa shape index (κ3) is 7.69. The fourth-order valence-electron chi connectivity index (χ4n) is 5.36. The van der Waals surface area contributed by atoms with E-state index < -0.39 is 15.9 Å². The number of imidazole rings is 1. The summed E-state index contributed by atoms with van der Waals surface area (Å²) in [6, 6.07) is 21.0. The van der Waals surface area contributed by atoms with Gasteiger partial charge in [-0.25, -0.2) is 15.0 Å². The van der Waals surface area contributed by atoms with Gasteiger partial charge in [0.2, 0.25) is 0 Å². The van der Waals surface area contributed by atoms with Gasteiger partial charge in [0.15, 0.2) is 11.5 Å². The van der Waals surface area contributed by atoms with Crippen LogP contribution >= 0.6 is 7.60 Å². The zero-order chi connectivity index (χ0) is 31.3. The van der Waals surface area contributed by atoms with Crippen molar-refractivity contribution in [2.75, 3.05) is 12.3 Å². The molecule has 0 saturated heterocycles. The average Bonchev–Trinajstić information content (AvgIpc) is 3.35. The van der Waals surface area contributed by atoms with E-state index >= 15 is 0 Å². The van der Waals surface area contributed by atoms with E-state index in [2.05, 4.69) is 84.3 Å². The Labute approximate surface area is 256 Å². The quantitative estimate of drug-likeness (QED) is 0.140. The van der Waals surface area contributed by atoms with Crippen LogP contribution in [-0.4, -0.2) is 46.7 Å². The van der Waals surface area contributed by atoms with Gasteiger partial charge < -0.3 is 23.8 Å². The van der Waals surface area contributed by atoms with E-state index in [1.54, 1.807) is 12.1 Å². The molecule has 0 aliphatic heterocycles. The van der Waals surface area contributed by atoms with E-state index in [9.17, 15) is 4.57 Å². The number of hydrogen-bond acceptors (Lipinski definition) is 8. The summed E-state index contributed by atoms with van der Waals surface area (Å²) in [5.74, 6) is 1.66. The Bertz CT molecular complexity index is 1500. The molecule has 43 heavy (non-hydrogen) atoms. The topological polar surface area (TPSA) is 114 Å². The van der Waals surface area contributed by atoms with Gasteiger partial charge in [-0.05, 0) is 43.1 Å². The summed E-state index contributed by atoms with van der Waals surface area (Å²) in [6.07, 6.45) is 4.46. The molecule has 0 aliphatic rings. The van der Waals surface area contributed by atoms with Crippen molar-refractivity contribution in [2.45, 2.75) is 72.3 Å². The Hall–Kier alpha value is -3.14. The van der Waals surface area contributed by atoms with E-state index in [0.717, 1.165) is 0 Å². The molecule has 4 rings (SSSR count). The van der Waals surface area contributed by atoms with E-state index in [4.69, 9.17) is 19.2 Å². The maximum absolute atomic E-state index is 13.8. The van der Waals surface area contributed by atoms with Crippen LogP contribution in [0.15, 0.2) is 85.2 Å². The summed E-state index contributed by atoms with van der Waals surface area (Å²) in [7, 11) is -6.38. The second-order valence-corrected chi connectivity index (χ2v) is 18.4. The lowest BCUT2D eigenvalue weighted by Gasteiger charge is -2.43. The maximum Gasteiger partial charge on any atom is 0.354 e. The minimum Gasteiger partial charge on any atom is -0.407 e. The number of anilines is 1. The lowest BCUT2D eigenvalue weighted by Crippen LogP contribution is -2.66. The third-order valence-corrected chi connectivity index (χ3v) is 14.0. The summed E-state index contributed by atoms with van der Waals surface area (Å²) in [5.41, 5.74) is 7.23. The van der Waals surface area contributed by atoms with Crippen LogP contribution in [0.2, 0.25) is 5.04 Å². The molecule has 2 aromatic carbocycles. The predicted octanol–water partition coefficient (Wildman–Crippen LogP) is 6.16. The number of fused-ring (bicyclic) bond motifs is 1. The van der Waals surface area contributed by atoms with E-state index in [-0.39, 0.29) is 23.2 Å². The zero-order valence-electron chi connectivity index (χ0n) is 26.2. The summed E-state index contributed by atoms with van der Waals surface area (Å²) in [6.45, 7) is 14.9. The number of nitrogens with zero attached hydrogens (tertiary/aromatic N) is 4. The molecule has 0 aliphatic carbocycles. The van der Waals surface area contributed by atoms with Crippen molar-refractivity contribution in [3.8, 4) is 0 Å². The SMILES string of the molecule is CC(C)OP(=O)(/C=C/C(CO[Si](c1ccccc1)(c1ccccc1)C(C)(C)C)Cn1cnc2c(N)ncnc21)OC(C)C. The van der Waals surface area contributed by atoms with Gasteiger partial charge in [0.25, 0.3) is 8.32 Å². The molecule has 0 radical (unpaired) electrons. The fourth-order valence-corrected chi connectivity index (χ4v) is 11.8. The van der Waals surface area contributed by atoms with Crippen molar-refractivity contribution in [2.24, 2.45) is 5.92 Å². The van der Waals surface area contributed by atoms with Crippen LogP contribution in [-0.2, 0) is 24.6 Å². The van der Waals surface area contributed by atoms with Crippen LogP contribution in [0.25, 0.3) is 11.2 Å². The lowest BCUT2D eigenvalue weighted by molar-refractivity contribution is 0.149. The van der Waals surface area contributed by atoms with Crippen LogP contribution in [0, 0.1) is 5.92 Å². The van der Waals surface area contributed by atoms with Crippen molar-refractivity contribution in [1.29, 1.82) is 0 Å². The molecule has 0 spiro atoms. The first-order valence-corrected chi connectivity index (χ1v) is 18.2. The molecule has 4 aromatic rings. The van der Waals surface area contributed by atoms with Crippen LogP contribution in [0.4, 0.5) is 5.82 Å². The molecule has 2 aromatic heterocycles. The predicted molar refractivity (Wildman–Crippen MR) is 176 cm³/mol. The molecular weight excluding hydrogens is 577 g/mol.